The third-order valence-electron chi connectivity index (χ3n) is 1.92. The molecule has 0 saturated carbocycles. The highest BCUT2D eigenvalue weighted by atomic mass is 19.4. The number of hydrogen-bond acceptors (Lipinski definition) is 4. The molecule has 0 aliphatic heterocycles. The Labute approximate surface area is 104 Å². The van der Waals surface area contributed by atoms with Gasteiger partial charge in [-0.1, -0.05) is 0 Å². The van der Waals surface area contributed by atoms with Crippen molar-refractivity contribution in [2.75, 3.05) is 6.61 Å². The molecule has 0 aliphatic carbocycles. The molecule has 0 saturated heterocycles. The van der Waals surface area contributed by atoms with Gasteiger partial charge in [-0.15, -0.1) is 13.2 Å². The number of ether oxygens (including phenoxy) is 2. The molecule has 1 heterocycles. The van der Waals surface area contributed by atoms with Gasteiger partial charge in [-0.3, -0.25) is 0 Å². The monoisotopic (exact) mass is 285 g/mol. The Kier molecular flexibility index (Phi) is 4.62. The number of carbonyl (C=O) groups is 1. The quantitative estimate of drug-likeness (QED) is 0.485. The molecule has 0 radical (unpaired) electrons. The molecule has 1 aromatic rings. The van der Waals surface area contributed by atoms with E-state index in [1.165, 1.54) is 6.92 Å². The summed E-state index contributed by atoms with van der Waals surface area (Å²) >= 11 is 0. The highest BCUT2D eigenvalue weighted by Crippen LogP contribution is 2.32. The van der Waals surface area contributed by atoms with Crippen LogP contribution in [-0.4, -0.2) is 23.9 Å². The van der Waals surface area contributed by atoms with Crippen LogP contribution >= 0.6 is 0 Å². The summed E-state index contributed by atoms with van der Waals surface area (Å²) in [6, 6.07) is 0. The van der Waals surface area contributed by atoms with Crippen LogP contribution in [0.1, 0.15) is 22.8 Å². The number of halogens is 5. The molecule has 1 aromatic heterocycles. The van der Waals surface area contributed by atoms with E-state index in [2.05, 4.69) is 14.5 Å². The number of aromatic nitrogens is 1. The smallest absolute Gasteiger partial charge is 0.462 e. The van der Waals surface area contributed by atoms with E-state index in [-0.39, 0.29) is 6.61 Å². The van der Waals surface area contributed by atoms with Crippen LogP contribution in [0.4, 0.5) is 22.0 Å². The molecule has 0 fully saturated rings. The summed E-state index contributed by atoms with van der Waals surface area (Å²) < 4.78 is 70.1. The van der Waals surface area contributed by atoms with E-state index < -0.39 is 41.8 Å². The van der Waals surface area contributed by atoms with Crippen LogP contribution in [0.2, 0.25) is 0 Å². The van der Waals surface area contributed by atoms with Crippen molar-refractivity contribution in [1.29, 1.82) is 0 Å². The Morgan fingerprint density at radius 1 is 1.42 bits per heavy atom. The fraction of sp³-hybridized carbons (Fsp3) is 0.400. The zero-order valence-corrected chi connectivity index (χ0v) is 9.55. The van der Waals surface area contributed by atoms with Crippen LogP contribution in [-0.2, 0) is 11.4 Å². The number of esters is 1. The number of nitrogens with zero attached hydrogens (tertiary/aromatic N) is 1. The van der Waals surface area contributed by atoms with Gasteiger partial charge in [0.15, 0.2) is 5.75 Å². The number of alkyl halides is 4. The van der Waals surface area contributed by atoms with Gasteiger partial charge in [-0.05, 0) is 6.92 Å². The van der Waals surface area contributed by atoms with Crippen LogP contribution in [0, 0.1) is 5.95 Å². The average molecular weight is 285 g/mol. The van der Waals surface area contributed by atoms with Crippen LogP contribution in [0.3, 0.4) is 0 Å². The van der Waals surface area contributed by atoms with Crippen molar-refractivity contribution in [2.24, 2.45) is 0 Å². The fourth-order valence-electron chi connectivity index (χ4n) is 1.22. The Balaban J connectivity index is 3.34. The topological polar surface area (TPSA) is 48.4 Å². The molecular formula is C10H8F5NO3. The first kappa shape index (κ1) is 15.1. The van der Waals surface area contributed by atoms with Gasteiger partial charge >= 0.3 is 12.3 Å². The third-order valence-corrected chi connectivity index (χ3v) is 1.92. The van der Waals surface area contributed by atoms with Gasteiger partial charge < -0.3 is 9.47 Å². The van der Waals surface area contributed by atoms with Crippen LogP contribution < -0.4 is 4.74 Å². The Bertz CT molecular complexity index is 475. The van der Waals surface area contributed by atoms with Crippen molar-refractivity contribution in [3.05, 3.63) is 23.3 Å². The summed E-state index contributed by atoms with van der Waals surface area (Å²) in [5.41, 5.74) is -1.89. The minimum absolute atomic E-state index is 0.132. The number of carbonyl (C=O) groups excluding carboxylic acids is 1. The van der Waals surface area contributed by atoms with Gasteiger partial charge in [0, 0.05) is 6.20 Å². The highest BCUT2D eigenvalue weighted by molar-refractivity contribution is 5.92. The molecule has 0 unspecified atom stereocenters. The molecule has 4 nitrogen and oxygen atoms in total. The predicted molar refractivity (Wildman–Crippen MR) is 51.6 cm³/mol. The average Bonchev–Trinajstić information content (AvgIpc) is 2.27. The second-order valence-electron chi connectivity index (χ2n) is 3.17. The van der Waals surface area contributed by atoms with Crippen molar-refractivity contribution < 1.29 is 36.2 Å². The zero-order valence-electron chi connectivity index (χ0n) is 9.55. The summed E-state index contributed by atoms with van der Waals surface area (Å²) in [6.07, 6.45) is -4.72. The van der Waals surface area contributed by atoms with Crippen molar-refractivity contribution in [1.82, 2.24) is 4.98 Å². The largest absolute Gasteiger partial charge is 0.573 e. The van der Waals surface area contributed by atoms with Gasteiger partial charge in [-0.2, -0.15) is 4.39 Å². The molecular weight excluding hydrogens is 277 g/mol. The first-order chi connectivity index (χ1) is 8.80. The van der Waals surface area contributed by atoms with Crippen LogP contribution in [0.15, 0.2) is 6.20 Å². The van der Waals surface area contributed by atoms with E-state index in [1.807, 2.05) is 0 Å². The minimum atomic E-state index is -5.21. The van der Waals surface area contributed by atoms with Crippen molar-refractivity contribution in [3.8, 4) is 5.75 Å². The first-order valence-corrected chi connectivity index (χ1v) is 4.96. The number of rotatable bonds is 4. The van der Waals surface area contributed by atoms with E-state index in [9.17, 15) is 26.7 Å². The van der Waals surface area contributed by atoms with E-state index in [0.29, 0.717) is 6.20 Å². The standard InChI is InChI=1S/C10H8F5NO3/c1-2-18-9(17)6-4-16-8(12)5(3-11)7(6)19-10(13,14)15/h4H,2-3H2,1H3. The molecule has 0 amide bonds. The second kappa shape index (κ2) is 5.81. The molecule has 0 N–H and O–H groups in total. The molecule has 106 valence electrons. The lowest BCUT2D eigenvalue weighted by atomic mass is 10.2. The summed E-state index contributed by atoms with van der Waals surface area (Å²) in [6.45, 7) is -0.334. The summed E-state index contributed by atoms with van der Waals surface area (Å²) in [4.78, 5) is 14.4. The molecule has 9 heteroatoms. The fourth-order valence-corrected chi connectivity index (χ4v) is 1.22. The molecule has 0 atom stereocenters. The van der Waals surface area contributed by atoms with Gasteiger partial charge in [-0.25, -0.2) is 14.2 Å². The Hall–Kier alpha value is -1.93. The molecule has 1 rings (SSSR count). The predicted octanol–water partition coefficient (Wildman–Crippen LogP) is 2.77. The second-order valence-corrected chi connectivity index (χ2v) is 3.17. The van der Waals surface area contributed by atoms with E-state index in [4.69, 9.17) is 0 Å². The maximum atomic E-state index is 13.1. The molecule has 0 bridgehead atoms. The molecule has 0 spiro atoms. The van der Waals surface area contributed by atoms with Gasteiger partial charge in [0.25, 0.3) is 0 Å². The normalized spacial score (nSPS) is 11.3. The van der Waals surface area contributed by atoms with E-state index >= 15 is 0 Å². The van der Waals surface area contributed by atoms with Crippen molar-refractivity contribution in [2.45, 2.75) is 20.0 Å². The van der Waals surface area contributed by atoms with Crippen molar-refractivity contribution >= 4 is 5.97 Å². The Morgan fingerprint density at radius 3 is 2.53 bits per heavy atom. The first-order valence-electron chi connectivity index (χ1n) is 4.96. The van der Waals surface area contributed by atoms with Crippen LogP contribution in [0.5, 0.6) is 5.75 Å². The SMILES string of the molecule is CCOC(=O)c1cnc(F)c(CF)c1OC(F)(F)F. The third kappa shape index (κ3) is 3.76. The minimum Gasteiger partial charge on any atom is -0.462 e. The highest BCUT2D eigenvalue weighted by Gasteiger charge is 2.35. The van der Waals surface area contributed by atoms with Gasteiger partial charge in [0.1, 0.15) is 12.2 Å². The van der Waals surface area contributed by atoms with E-state index in [1.54, 1.807) is 0 Å². The van der Waals surface area contributed by atoms with Gasteiger partial charge in [0.2, 0.25) is 5.95 Å². The maximum absolute atomic E-state index is 13.1. The zero-order chi connectivity index (χ0) is 14.6. The summed E-state index contributed by atoms with van der Waals surface area (Å²) in [7, 11) is 0. The molecule has 0 aliphatic rings. The van der Waals surface area contributed by atoms with Gasteiger partial charge in [0.05, 0.1) is 12.2 Å². The lowest BCUT2D eigenvalue weighted by molar-refractivity contribution is -0.275. The number of hydrogen-bond donors (Lipinski definition) is 0. The van der Waals surface area contributed by atoms with Crippen LogP contribution in [0.25, 0.3) is 0 Å². The molecule has 19 heavy (non-hydrogen) atoms. The summed E-state index contributed by atoms with van der Waals surface area (Å²) in [5, 5.41) is 0. The number of pyridine rings is 1. The lowest BCUT2D eigenvalue weighted by Crippen LogP contribution is -2.21. The van der Waals surface area contributed by atoms with Crippen molar-refractivity contribution in [3.63, 3.8) is 0 Å². The summed E-state index contributed by atoms with van der Waals surface area (Å²) in [5.74, 6) is -3.99. The Morgan fingerprint density at radius 2 is 2.05 bits per heavy atom. The lowest BCUT2D eigenvalue weighted by Gasteiger charge is -2.15. The van der Waals surface area contributed by atoms with E-state index in [0.717, 1.165) is 0 Å². The maximum Gasteiger partial charge on any atom is 0.573 e. The molecule has 0 aromatic carbocycles.